The zero-order valence-electron chi connectivity index (χ0n) is 25.5. The molecule has 0 spiro atoms. The van der Waals surface area contributed by atoms with E-state index in [4.69, 9.17) is 30.7 Å². The summed E-state index contributed by atoms with van der Waals surface area (Å²) < 4.78 is 16.9. The fraction of sp³-hybridized carbons (Fsp3) is 0.294. The molecule has 0 aliphatic heterocycles. The Balaban J connectivity index is 1.52. The fourth-order valence-electron chi connectivity index (χ4n) is 4.26. The Morgan fingerprint density at radius 1 is 0.977 bits per heavy atom. The Hall–Kier alpha value is -4.76. The van der Waals surface area contributed by atoms with E-state index in [1.807, 2.05) is 58.0 Å². The lowest BCUT2D eigenvalue weighted by atomic mass is 9.91. The normalized spacial score (nSPS) is 13.1. The van der Waals surface area contributed by atoms with Gasteiger partial charge in [-0.25, -0.2) is 9.97 Å². The number of hydrogen-bond donors (Lipinski definition) is 2. The van der Waals surface area contributed by atoms with Crippen LogP contribution in [0.3, 0.4) is 0 Å². The van der Waals surface area contributed by atoms with Crippen LogP contribution in [0.15, 0.2) is 83.8 Å². The van der Waals surface area contributed by atoms with Crippen molar-refractivity contribution in [2.24, 2.45) is 21.9 Å². The predicted octanol–water partition coefficient (Wildman–Crippen LogP) is 6.76. The number of rotatable bonds is 11. The van der Waals surface area contributed by atoms with Crippen LogP contribution in [0.2, 0.25) is 0 Å². The molecular weight excluding hydrogens is 542 g/mol. The predicted molar refractivity (Wildman–Crippen MR) is 170 cm³/mol. The van der Waals surface area contributed by atoms with Gasteiger partial charge in [0.05, 0.1) is 36.9 Å². The zero-order chi connectivity index (χ0) is 31.1. The van der Waals surface area contributed by atoms with E-state index in [1.165, 1.54) is 6.33 Å². The van der Waals surface area contributed by atoms with Crippen LogP contribution in [0, 0.1) is 12.3 Å². The first-order chi connectivity index (χ1) is 20.5. The molecule has 3 aromatic carbocycles. The maximum absolute atomic E-state index is 13.3. The molecule has 0 saturated heterocycles. The lowest BCUT2D eigenvalue weighted by molar-refractivity contribution is -0.120. The molecule has 0 aliphatic rings. The van der Waals surface area contributed by atoms with Crippen LogP contribution in [0.1, 0.15) is 50.8 Å². The number of nitrogens with zero attached hydrogens (tertiary/aromatic N) is 3. The van der Waals surface area contributed by atoms with Crippen LogP contribution in [-0.2, 0) is 4.79 Å². The first-order valence-electron chi connectivity index (χ1n) is 14.0. The van der Waals surface area contributed by atoms with E-state index in [-0.39, 0.29) is 17.6 Å². The van der Waals surface area contributed by atoms with E-state index < -0.39 is 6.04 Å². The fourth-order valence-corrected chi connectivity index (χ4v) is 4.26. The highest BCUT2D eigenvalue weighted by Crippen LogP contribution is 2.36. The van der Waals surface area contributed by atoms with Crippen LogP contribution in [0.4, 0.5) is 5.69 Å². The summed E-state index contributed by atoms with van der Waals surface area (Å²) in [5, 5.41) is 0.647. The molecule has 0 fully saturated rings. The van der Waals surface area contributed by atoms with Gasteiger partial charge in [0.2, 0.25) is 5.88 Å². The molecule has 0 bridgehead atoms. The van der Waals surface area contributed by atoms with Gasteiger partial charge in [-0.1, -0.05) is 50.6 Å². The number of ketones is 1. The quantitative estimate of drug-likeness (QED) is 0.186. The summed E-state index contributed by atoms with van der Waals surface area (Å²) in [5.41, 5.74) is 17.2. The van der Waals surface area contributed by atoms with Gasteiger partial charge in [0.1, 0.15) is 12.1 Å². The number of hydrogen-bond acceptors (Lipinski definition) is 9. The van der Waals surface area contributed by atoms with Crippen LogP contribution in [-0.4, -0.2) is 35.7 Å². The third-order valence-electron chi connectivity index (χ3n) is 7.01. The van der Waals surface area contributed by atoms with Crippen LogP contribution >= 0.6 is 0 Å². The van der Waals surface area contributed by atoms with Gasteiger partial charge < -0.3 is 25.7 Å². The Morgan fingerprint density at radius 3 is 2.35 bits per heavy atom. The number of aryl methyl sites for hydroxylation is 1. The second-order valence-corrected chi connectivity index (χ2v) is 11.3. The first-order valence-corrected chi connectivity index (χ1v) is 14.0. The summed E-state index contributed by atoms with van der Waals surface area (Å²) >= 11 is 0. The Kier molecular flexibility index (Phi) is 9.77. The van der Waals surface area contributed by atoms with Crippen LogP contribution < -0.4 is 25.7 Å². The number of aliphatic imine (C=N–C) groups is 1. The number of carbonyl (C=O) groups is 1. The number of nitrogens with two attached hydrogens (primary N) is 2. The van der Waals surface area contributed by atoms with Gasteiger partial charge >= 0.3 is 0 Å². The standard InChI is InChI=1S/C34H39N5O4/c1-21-10-12-23(13-11-21)39-24(17-31(35)34(2,3)4)14-15-28(40)32(36)22-8-7-9-25(16-22)43-33-26-18-29(41-5)30(42-6)19-27(26)37-20-38-33/h7-13,16-20,32H,14-15,35-36H2,1-6H3/t32-/m1/s1. The van der Waals surface area contributed by atoms with Gasteiger partial charge in [0.25, 0.3) is 0 Å². The Labute approximate surface area is 252 Å². The highest BCUT2D eigenvalue weighted by atomic mass is 16.5. The van der Waals surface area contributed by atoms with Crippen molar-refractivity contribution in [3.63, 3.8) is 0 Å². The molecule has 0 radical (unpaired) electrons. The molecule has 9 heteroatoms. The minimum Gasteiger partial charge on any atom is -0.493 e. The molecule has 9 nitrogen and oxygen atoms in total. The van der Waals surface area contributed by atoms with Crippen molar-refractivity contribution >= 4 is 28.1 Å². The first kappa shape index (κ1) is 31.2. The smallest absolute Gasteiger partial charge is 0.230 e. The number of methoxy groups -OCH3 is 2. The highest BCUT2D eigenvalue weighted by Gasteiger charge is 2.19. The van der Waals surface area contributed by atoms with Crippen molar-refractivity contribution in [3.05, 3.63) is 89.9 Å². The summed E-state index contributed by atoms with van der Waals surface area (Å²) in [6.45, 7) is 8.14. The van der Waals surface area contributed by atoms with Gasteiger partial charge in [-0.2, -0.15) is 0 Å². The van der Waals surface area contributed by atoms with Gasteiger partial charge in [-0.05, 0) is 55.3 Å². The number of ether oxygens (including phenoxy) is 3. The van der Waals surface area contributed by atoms with Gasteiger partial charge in [0, 0.05) is 29.3 Å². The topological polar surface area (TPSA) is 135 Å². The van der Waals surface area contributed by atoms with E-state index in [1.54, 1.807) is 50.6 Å². The maximum Gasteiger partial charge on any atom is 0.230 e. The van der Waals surface area contributed by atoms with Crippen LogP contribution in [0.25, 0.3) is 10.9 Å². The average Bonchev–Trinajstić information content (AvgIpc) is 2.99. The third-order valence-corrected chi connectivity index (χ3v) is 7.01. The molecule has 1 heterocycles. The number of allylic oxidation sites excluding steroid dienone is 2. The molecule has 43 heavy (non-hydrogen) atoms. The number of benzene rings is 3. The minimum absolute atomic E-state index is 0.124. The number of fused-ring (bicyclic) bond motifs is 1. The minimum atomic E-state index is -0.848. The summed E-state index contributed by atoms with van der Waals surface area (Å²) in [4.78, 5) is 26.7. The molecule has 4 N–H and O–H groups in total. The molecule has 0 saturated carbocycles. The number of Topliss-reactive ketones (excluding diaryl/α,β-unsaturated/α-hetero) is 1. The molecule has 224 valence electrons. The van der Waals surface area contributed by atoms with Crippen molar-refractivity contribution in [1.82, 2.24) is 9.97 Å². The van der Waals surface area contributed by atoms with E-state index in [2.05, 4.69) is 9.97 Å². The van der Waals surface area contributed by atoms with Crippen molar-refractivity contribution in [2.75, 3.05) is 14.2 Å². The molecular formula is C34H39N5O4. The summed E-state index contributed by atoms with van der Waals surface area (Å²) in [6.07, 6.45) is 3.87. The number of carbonyl (C=O) groups excluding carboxylic acids is 1. The second-order valence-electron chi connectivity index (χ2n) is 11.3. The summed E-state index contributed by atoms with van der Waals surface area (Å²) in [5.74, 6) is 1.78. The SMILES string of the molecule is COc1cc2ncnc(Oc3cccc([C@@H](N)C(=O)CCC(C=C(N)C(C)(C)C)=Nc4ccc(C)cc4)c3)c2cc1OC. The van der Waals surface area contributed by atoms with Crippen molar-refractivity contribution in [1.29, 1.82) is 0 Å². The van der Waals surface area contributed by atoms with Crippen LogP contribution in [0.5, 0.6) is 23.1 Å². The van der Waals surface area contributed by atoms with E-state index in [0.29, 0.717) is 51.7 Å². The molecule has 0 aliphatic carbocycles. The summed E-state index contributed by atoms with van der Waals surface area (Å²) in [7, 11) is 3.12. The number of aromatic nitrogens is 2. The van der Waals surface area contributed by atoms with E-state index in [9.17, 15) is 4.79 Å². The van der Waals surface area contributed by atoms with Crippen molar-refractivity contribution < 1.29 is 19.0 Å². The van der Waals surface area contributed by atoms with Gasteiger partial charge in [0.15, 0.2) is 17.3 Å². The second kappa shape index (κ2) is 13.5. The highest BCUT2D eigenvalue weighted by molar-refractivity contribution is 6.00. The van der Waals surface area contributed by atoms with Gasteiger partial charge in [-0.3, -0.25) is 9.79 Å². The molecule has 0 unspecified atom stereocenters. The molecule has 1 aromatic heterocycles. The zero-order valence-corrected chi connectivity index (χ0v) is 25.5. The molecule has 4 rings (SSSR count). The van der Waals surface area contributed by atoms with E-state index >= 15 is 0 Å². The largest absolute Gasteiger partial charge is 0.493 e. The summed E-state index contributed by atoms with van der Waals surface area (Å²) in [6, 6.07) is 17.7. The Morgan fingerprint density at radius 2 is 1.67 bits per heavy atom. The van der Waals surface area contributed by atoms with Crippen molar-refractivity contribution in [3.8, 4) is 23.1 Å². The lowest BCUT2D eigenvalue weighted by Gasteiger charge is -2.19. The van der Waals surface area contributed by atoms with Gasteiger partial charge in [-0.15, -0.1) is 0 Å². The molecule has 4 aromatic rings. The Bertz CT molecular complexity index is 1660. The monoisotopic (exact) mass is 581 g/mol. The average molecular weight is 582 g/mol. The van der Waals surface area contributed by atoms with E-state index in [0.717, 1.165) is 17.0 Å². The maximum atomic E-state index is 13.3. The molecule has 1 atom stereocenters. The molecule has 0 amide bonds. The lowest BCUT2D eigenvalue weighted by Crippen LogP contribution is -2.22. The van der Waals surface area contributed by atoms with Crippen molar-refractivity contribution in [2.45, 2.75) is 46.6 Å². The third kappa shape index (κ3) is 7.96.